The number of halogens is 2. The summed E-state index contributed by atoms with van der Waals surface area (Å²) < 4.78 is 30.9. The molecule has 0 spiro atoms. The second-order valence-corrected chi connectivity index (χ2v) is 4.23. The van der Waals surface area contributed by atoms with Gasteiger partial charge in [0.15, 0.2) is 11.6 Å². The number of hydrogen-bond acceptors (Lipinski definition) is 4. The molecule has 100 valence electrons. The average Bonchev–Trinajstić information content (AvgIpc) is 2.36. The molecule has 0 amide bonds. The van der Waals surface area contributed by atoms with Crippen LogP contribution in [0.4, 0.5) is 8.78 Å². The number of nitrogens with two attached hydrogens (primary N) is 1. The zero-order chi connectivity index (χ0) is 13.8. The van der Waals surface area contributed by atoms with E-state index in [1.165, 1.54) is 6.07 Å². The second-order valence-electron chi connectivity index (χ2n) is 4.23. The summed E-state index contributed by atoms with van der Waals surface area (Å²) in [5, 5.41) is 0. The molecule has 0 radical (unpaired) electrons. The van der Waals surface area contributed by atoms with Gasteiger partial charge in [-0.25, -0.2) is 18.7 Å². The van der Waals surface area contributed by atoms with Crippen molar-refractivity contribution in [3.8, 4) is 11.8 Å². The van der Waals surface area contributed by atoms with Crippen molar-refractivity contribution in [2.75, 3.05) is 0 Å². The fourth-order valence-electron chi connectivity index (χ4n) is 1.52. The van der Waals surface area contributed by atoms with Crippen molar-refractivity contribution in [2.24, 2.45) is 5.73 Å². The molecule has 1 aromatic carbocycles. The molecule has 4 nitrogen and oxygen atoms in total. The maximum Gasteiger partial charge on any atom is 0.321 e. The monoisotopic (exact) mass is 265 g/mol. The van der Waals surface area contributed by atoms with E-state index in [1.807, 2.05) is 6.92 Å². The van der Waals surface area contributed by atoms with Gasteiger partial charge in [-0.15, -0.1) is 0 Å². The molecule has 19 heavy (non-hydrogen) atoms. The third-order valence-electron chi connectivity index (χ3n) is 2.34. The number of hydrogen-bond donors (Lipinski definition) is 1. The number of rotatable bonds is 4. The number of benzene rings is 1. The van der Waals surface area contributed by atoms with Crippen LogP contribution in [0.2, 0.25) is 0 Å². The van der Waals surface area contributed by atoms with Crippen LogP contribution < -0.4 is 10.5 Å². The quantitative estimate of drug-likeness (QED) is 0.922. The van der Waals surface area contributed by atoms with E-state index < -0.39 is 11.6 Å². The summed E-state index contributed by atoms with van der Waals surface area (Å²) in [6.07, 6.45) is 3.84. The zero-order valence-corrected chi connectivity index (χ0v) is 10.3. The van der Waals surface area contributed by atoms with E-state index in [4.69, 9.17) is 10.5 Å². The third kappa shape index (κ3) is 3.69. The van der Waals surface area contributed by atoms with Crippen molar-refractivity contribution in [3.63, 3.8) is 0 Å². The molecule has 1 atom stereocenters. The summed E-state index contributed by atoms with van der Waals surface area (Å²) in [6, 6.07) is 3.31. The molecule has 2 rings (SSSR count). The molecule has 1 heterocycles. The highest BCUT2D eigenvalue weighted by Gasteiger charge is 2.06. The minimum absolute atomic E-state index is 0.0153. The fraction of sp³-hybridized carbons (Fsp3) is 0.231. The van der Waals surface area contributed by atoms with Gasteiger partial charge < -0.3 is 10.5 Å². The lowest BCUT2D eigenvalue weighted by Gasteiger charge is -2.06. The van der Waals surface area contributed by atoms with Crippen molar-refractivity contribution >= 4 is 0 Å². The van der Waals surface area contributed by atoms with E-state index in [-0.39, 0.29) is 17.8 Å². The number of ether oxygens (including phenoxy) is 1. The maximum absolute atomic E-state index is 13.0. The molecule has 2 N–H and O–H groups in total. The Morgan fingerprint density at radius 1 is 1.21 bits per heavy atom. The van der Waals surface area contributed by atoms with Crippen molar-refractivity contribution in [1.82, 2.24) is 9.97 Å². The Hall–Kier alpha value is -2.08. The van der Waals surface area contributed by atoms with Crippen LogP contribution in [0, 0.1) is 11.6 Å². The van der Waals surface area contributed by atoms with Gasteiger partial charge in [-0.3, -0.25) is 0 Å². The third-order valence-corrected chi connectivity index (χ3v) is 2.34. The first kappa shape index (κ1) is 13.4. The second kappa shape index (κ2) is 5.71. The first-order chi connectivity index (χ1) is 9.04. The van der Waals surface area contributed by atoms with Gasteiger partial charge in [0.2, 0.25) is 0 Å². The first-order valence-corrected chi connectivity index (χ1v) is 5.74. The van der Waals surface area contributed by atoms with Crippen LogP contribution in [0.1, 0.15) is 12.5 Å². The zero-order valence-electron chi connectivity index (χ0n) is 10.3. The van der Waals surface area contributed by atoms with Crippen LogP contribution >= 0.6 is 0 Å². The van der Waals surface area contributed by atoms with Crippen molar-refractivity contribution in [3.05, 3.63) is 47.8 Å². The van der Waals surface area contributed by atoms with Crippen LogP contribution in [-0.2, 0) is 6.42 Å². The van der Waals surface area contributed by atoms with Crippen LogP contribution in [0.3, 0.4) is 0 Å². The Labute approximate surface area is 109 Å². The highest BCUT2D eigenvalue weighted by Crippen LogP contribution is 2.20. The Kier molecular flexibility index (Phi) is 4.01. The largest absolute Gasteiger partial charge is 0.424 e. The summed E-state index contributed by atoms with van der Waals surface area (Å²) in [6.45, 7) is 1.88. The van der Waals surface area contributed by atoms with Gasteiger partial charge in [-0.2, -0.15) is 0 Å². The predicted octanol–water partition coefficient (Wildman–Crippen LogP) is 2.44. The molecule has 1 aromatic heterocycles. The molecule has 1 unspecified atom stereocenters. The molecular formula is C13H13F2N3O. The van der Waals surface area contributed by atoms with Crippen LogP contribution in [0.15, 0.2) is 30.6 Å². The van der Waals surface area contributed by atoms with Gasteiger partial charge in [0.1, 0.15) is 5.75 Å². The normalized spacial score (nSPS) is 12.2. The van der Waals surface area contributed by atoms with E-state index in [0.717, 1.165) is 17.7 Å². The minimum atomic E-state index is -0.980. The lowest BCUT2D eigenvalue weighted by molar-refractivity contribution is 0.430. The van der Waals surface area contributed by atoms with E-state index >= 15 is 0 Å². The van der Waals surface area contributed by atoms with Gasteiger partial charge in [0, 0.05) is 24.5 Å². The molecule has 6 heteroatoms. The lowest BCUT2D eigenvalue weighted by atomic mass is 10.1. The predicted molar refractivity (Wildman–Crippen MR) is 65.8 cm³/mol. The van der Waals surface area contributed by atoms with Crippen molar-refractivity contribution in [2.45, 2.75) is 19.4 Å². The van der Waals surface area contributed by atoms with E-state index in [9.17, 15) is 8.78 Å². The summed E-state index contributed by atoms with van der Waals surface area (Å²) in [5.41, 5.74) is 6.53. The average molecular weight is 265 g/mol. The molecule has 0 bridgehead atoms. The van der Waals surface area contributed by atoms with Crippen LogP contribution in [0.25, 0.3) is 0 Å². The molecule has 2 aromatic rings. The van der Waals surface area contributed by atoms with Crippen LogP contribution in [-0.4, -0.2) is 16.0 Å². The number of aromatic nitrogens is 2. The Morgan fingerprint density at radius 3 is 2.47 bits per heavy atom. The summed E-state index contributed by atoms with van der Waals surface area (Å²) in [7, 11) is 0. The Balaban J connectivity index is 2.08. The lowest BCUT2D eigenvalue weighted by Crippen LogP contribution is -2.17. The molecule has 0 saturated heterocycles. The summed E-state index contributed by atoms with van der Waals surface area (Å²) >= 11 is 0. The van der Waals surface area contributed by atoms with E-state index in [2.05, 4.69) is 9.97 Å². The smallest absolute Gasteiger partial charge is 0.321 e. The van der Waals surface area contributed by atoms with Gasteiger partial charge in [-0.05, 0) is 31.0 Å². The molecular weight excluding hydrogens is 252 g/mol. The highest BCUT2D eigenvalue weighted by molar-refractivity contribution is 5.26. The molecule has 0 aliphatic carbocycles. The number of nitrogens with zero attached hydrogens (tertiary/aromatic N) is 2. The SMILES string of the molecule is CC(N)Cc1cnc(Oc2ccc(F)c(F)c2)nc1. The van der Waals surface area contributed by atoms with Crippen molar-refractivity contribution < 1.29 is 13.5 Å². The molecule has 0 aliphatic heterocycles. The van der Waals surface area contributed by atoms with Gasteiger partial charge in [0.25, 0.3) is 0 Å². The van der Waals surface area contributed by atoms with Gasteiger partial charge in [0.05, 0.1) is 0 Å². The Bertz CT molecular complexity index is 558. The van der Waals surface area contributed by atoms with Gasteiger partial charge in [-0.1, -0.05) is 0 Å². The standard InChI is InChI=1S/C13H13F2N3O/c1-8(16)4-9-6-17-13(18-7-9)19-10-2-3-11(14)12(15)5-10/h2-3,5-8H,4,16H2,1H3. The van der Waals surface area contributed by atoms with Crippen molar-refractivity contribution in [1.29, 1.82) is 0 Å². The minimum Gasteiger partial charge on any atom is -0.424 e. The van der Waals surface area contributed by atoms with Gasteiger partial charge >= 0.3 is 6.01 Å². The molecule has 0 saturated carbocycles. The fourth-order valence-corrected chi connectivity index (χ4v) is 1.52. The summed E-state index contributed by atoms with van der Waals surface area (Å²) in [5.74, 6) is -1.77. The van der Waals surface area contributed by atoms with Crippen LogP contribution in [0.5, 0.6) is 11.8 Å². The first-order valence-electron chi connectivity index (χ1n) is 5.74. The molecule has 0 fully saturated rings. The maximum atomic E-state index is 13.0. The summed E-state index contributed by atoms with van der Waals surface area (Å²) in [4.78, 5) is 7.95. The van der Waals surface area contributed by atoms with E-state index in [1.54, 1.807) is 12.4 Å². The topological polar surface area (TPSA) is 61.0 Å². The molecule has 0 aliphatic rings. The highest BCUT2D eigenvalue weighted by atomic mass is 19.2. The Morgan fingerprint density at radius 2 is 1.89 bits per heavy atom. The van der Waals surface area contributed by atoms with E-state index in [0.29, 0.717) is 6.42 Å².